The van der Waals surface area contributed by atoms with E-state index in [9.17, 15) is 0 Å². The van der Waals surface area contributed by atoms with Gasteiger partial charge >= 0.3 is 0 Å². The highest BCUT2D eigenvalue weighted by Crippen LogP contribution is 2.41. The first-order chi connectivity index (χ1) is 12.1. The topological polar surface area (TPSA) is 12.5 Å². The van der Waals surface area contributed by atoms with Crippen molar-refractivity contribution in [3.63, 3.8) is 0 Å². The normalized spacial score (nSPS) is 11.3. The van der Waals surface area contributed by atoms with E-state index in [1.807, 2.05) is 6.08 Å². The van der Waals surface area contributed by atoms with Gasteiger partial charge < -0.3 is 9.64 Å². The van der Waals surface area contributed by atoms with E-state index in [-0.39, 0.29) is 0 Å². The van der Waals surface area contributed by atoms with Crippen LogP contribution in [-0.2, 0) is 0 Å². The van der Waals surface area contributed by atoms with Crippen molar-refractivity contribution in [2.45, 2.75) is 44.4 Å². The Labute approximate surface area is 166 Å². The number of hydrogen-bond donors (Lipinski definition) is 0. The molecule has 0 N–H and O–H groups in total. The average molecular weight is 424 g/mol. The molecule has 0 aliphatic heterocycles. The molecule has 0 fully saturated rings. The number of halogens is 1. The van der Waals surface area contributed by atoms with Crippen molar-refractivity contribution < 1.29 is 4.74 Å². The van der Waals surface area contributed by atoms with E-state index in [2.05, 4.69) is 66.2 Å². The Hall–Kier alpha value is -1.13. The lowest BCUT2D eigenvalue weighted by Gasteiger charge is -2.28. The molecule has 0 radical (unpaired) electrons. The van der Waals surface area contributed by atoms with Crippen LogP contribution in [0.1, 0.15) is 39.5 Å². The summed E-state index contributed by atoms with van der Waals surface area (Å²) in [6.07, 6.45) is 12.0. The van der Waals surface area contributed by atoms with E-state index < -0.39 is 0 Å². The first-order valence-corrected chi connectivity index (χ1v) is 10.9. The van der Waals surface area contributed by atoms with Gasteiger partial charge in [0.25, 0.3) is 0 Å². The van der Waals surface area contributed by atoms with Gasteiger partial charge in [0.05, 0.1) is 10.6 Å². The summed E-state index contributed by atoms with van der Waals surface area (Å²) in [6, 6.07) is 4.27. The van der Waals surface area contributed by atoms with Crippen LogP contribution in [0.15, 0.2) is 58.6 Å². The van der Waals surface area contributed by atoms with Crippen molar-refractivity contribution in [3.05, 3.63) is 53.8 Å². The molecule has 0 aromatic heterocycles. The van der Waals surface area contributed by atoms with Crippen molar-refractivity contribution in [2.24, 2.45) is 0 Å². The molecule has 0 aliphatic carbocycles. The van der Waals surface area contributed by atoms with Crippen LogP contribution in [0.3, 0.4) is 0 Å². The number of ether oxygens (including phenoxy) is 1. The molecule has 0 atom stereocenters. The SMILES string of the molecule is C=C/C=C(\C=C)Oc1c(SC)cc(Br)cc1N(CCCC)CCCC. The molecule has 0 unspecified atom stereocenters. The van der Waals surface area contributed by atoms with Gasteiger partial charge in [-0.25, -0.2) is 0 Å². The number of allylic oxidation sites excluding steroid dienone is 3. The van der Waals surface area contributed by atoms with Crippen LogP contribution in [0, 0.1) is 0 Å². The molecule has 1 aromatic carbocycles. The highest BCUT2D eigenvalue weighted by Gasteiger charge is 2.18. The Bertz CT molecular complexity index is 590. The summed E-state index contributed by atoms with van der Waals surface area (Å²) in [5, 5.41) is 0. The zero-order chi connectivity index (χ0) is 18.7. The summed E-state index contributed by atoms with van der Waals surface area (Å²) in [5.41, 5.74) is 1.14. The lowest BCUT2D eigenvalue weighted by atomic mass is 10.2. The Morgan fingerprint density at radius 2 is 1.84 bits per heavy atom. The quantitative estimate of drug-likeness (QED) is 0.200. The van der Waals surface area contributed by atoms with Gasteiger partial charge in [-0.1, -0.05) is 61.9 Å². The molecule has 0 heterocycles. The maximum Gasteiger partial charge on any atom is 0.164 e. The highest BCUT2D eigenvalue weighted by molar-refractivity contribution is 9.10. The van der Waals surface area contributed by atoms with Crippen molar-refractivity contribution in [1.29, 1.82) is 0 Å². The van der Waals surface area contributed by atoms with E-state index in [1.165, 1.54) is 25.7 Å². The van der Waals surface area contributed by atoms with Gasteiger partial charge in [-0.05, 0) is 43.4 Å². The van der Waals surface area contributed by atoms with Crippen LogP contribution in [0.2, 0.25) is 0 Å². The Morgan fingerprint density at radius 1 is 1.20 bits per heavy atom. The Kier molecular flexibility index (Phi) is 10.7. The monoisotopic (exact) mass is 423 g/mol. The van der Waals surface area contributed by atoms with Crippen molar-refractivity contribution in [3.8, 4) is 5.75 Å². The minimum atomic E-state index is 0.708. The van der Waals surface area contributed by atoms with Crippen LogP contribution in [0.25, 0.3) is 0 Å². The second-order valence-corrected chi connectivity index (χ2v) is 7.53. The zero-order valence-corrected chi connectivity index (χ0v) is 18.1. The standard InChI is InChI=1S/C21H30BrNOS/c1-6-10-13-23(14-11-7-2)19-15-17(22)16-20(25-5)21(19)24-18(9-4)12-8-3/h8-9,12,15-16H,3-4,6-7,10-11,13-14H2,1-2,5H3/b18-12+. The molecule has 138 valence electrons. The fourth-order valence-electron chi connectivity index (χ4n) is 2.47. The van der Waals surface area contributed by atoms with Gasteiger partial charge in [-0.3, -0.25) is 0 Å². The number of anilines is 1. The molecule has 1 rings (SSSR count). The molecule has 4 heteroatoms. The predicted octanol–water partition coefficient (Wildman–Crippen LogP) is 7.21. The third kappa shape index (κ3) is 6.95. The fourth-order valence-corrected chi connectivity index (χ4v) is 3.65. The van der Waals surface area contributed by atoms with Gasteiger partial charge in [-0.2, -0.15) is 0 Å². The number of unbranched alkanes of at least 4 members (excludes halogenated alkanes) is 2. The lowest BCUT2D eigenvalue weighted by molar-refractivity contribution is 0.433. The van der Waals surface area contributed by atoms with E-state index in [4.69, 9.17) is 4.74 Å². The molecule has 1 aromatic rings. The third-order valence-electron chi connectivity index (χ3n) is 3.83. The van der Waals surface area contributed by atoms with E-state index in [1.54, 1.807) is 23.9 Å². The summed E-state index contributed by atoms with van der Waals surface area (Å²) < 4.78 is 7.32. The van der Waals surface area contributed by atoms with E-state index in [0.29, 0.717) is 5.76 Å². The largest absolute Gasteiger partial charge is 0.454 e. The molecule has 0 saturated carbocycles. The number of rotatable bonds is 12. The smallest absolute Gasteiger partial charge is 0.164 e. The second-order valence-electron chi connectivity index (χ2n) is 5.76. The molecular formula is C21H30BrNOS. The predicted molar refractivity (Wildman–Crippen MR) is 117 cm³/mol. The summed E-state index contributed by atoms with van der Waals surface area (Å²) in [4.78, 5) is 3.56. The van der Waals surface area contributed by atoms with Crippen LogP contribution < -0.4 is 9.64 Å². The number of nitrogens with zero attached hydrogens (tertiary/aromatic N) is 1. The summed E-state index contributed by atoms with van der Waals surface area (Å²) >= 11 is 5.35. The van der Waals surface area contributed by atoms with Crippen molar-refractivity contribution in [1.82, 2.24) is 0 Å². The minimum Gasteiger partial charge on any atom is -0.454 e. The summed E-state index contributed by atoms with van der Waals surface area (Å²) in [5.74, 6) is 1.61. The molecule has 0 bridgehead atoms. The van der Waals surface area contributed by atoms with E-state index >= 15 is 0 Å². The van der Waals surface area contributed by atoms with Gasteiger partial charge in [0.1, 0.15) is 5.76 Å². The van der Waals surface area contributed by atoms with Crippen LogP contribution in [-0.4, -0.2) is 19.3 Å². The molecule has 0 aliphatic rings. The zero-order valence-electron chi connectivity index (χ0n) is 15.7. The van der Waals surface area contributed by atoms with Crippen molar-refractivity contribution in [2.75, 3.05) is 24.2 Å². The first kappa shape index (κ1) is 21.9. The molecular weight excluding hydrogens is 394 g/mol. The third-order valence-corrected chi connectivity index (χ3v) is 5.03. The van der Waals surface area contributed by atoms with Crippen LogP contribution in [0.4, 0.5) is 5.69 Å². The minimum absolute atomic E-state index is 0.708. The Balaban J connectivity index is 3.37. The Morgan fingerprint density at radius 3 is 2.32 bits per heavy atom. The van der Waals surface area contributed by atoms with Crippen LogP contribution >= 0.6 is 27.7 Å². The highest BCUT2D eigenvalue weighted by atomic mass is 79.9. The maximum absolute atomic E-state index is 6.24. The number of benzene rings is 1. The first-order valence-electron chi connectivity index (χ1n) is 8.86. The van der Waals surface area contributed by atoms with Gasteiger partial charge in [0.2, 0.25) is 0 Å². The summed E-state index contributed by atoms with van der Waals surface area (Å²) in [7, 11) is 0. The molecule has 0 saturated heterocycles. The lowest BCUT2D eigenvalue weighted by Crippen LogP contribution is -2.26. The molecule has 2 nitrogen and oxygen atoms in total. The fraction of sp³-hybridized carbons (Fsp3) is 0.429. The summed E-state index contributed by atoms with van der Waals surface area (Å²) in [6.45, 7) is 14.1. The molecule has 25 heavy (non-hydrogen) atoms. The molecule has 0 amide bonds. The van der Waals surface area contributed by atoms with Gasteiger partial charge in [0, 0.05) is 17.6 Å². The van der Waals surface area contributed by atoms with Crippen LogP contribution in [0.5, 0.6) is 5.75 Å². The number of thioether (sulfide) groups is 1. The van der Waals surface area contributed by atoms with Gasteiger partial charge in [0.15, 0.2) is 5.75 Å². The van der Waals surface area contributed by atoms with Crippen molar-refractivity contribution >= 4 is 33.4 Å². The average Bonchev–Trinajstić information content (AvgIpc) is 2.62. The second kappa shape index (κ2) is 12.3. The van der Waals surface area contributed by atoms with E-state index in [0.717, 1.165) is 33.9 Å². The maximum atomic E-state index is 6.24. The number of hydrogen-bond acceptors (Lipinski definition) is 3. The van der Waals surface area contributed by atoms with Gasteiger partial charge in [-0.15, -0.1) is 11.8 Å². The molecule has 0 spiro atoms.